The Hall–Kier alpha value is -3.54. The first-order valence-corrected chi connectivity index (χ1v) is 9.96. The summed E-state index contributed by atoms with van der Waals surface area (Å²) >= 11 is 0. The van der Waals surface area contributed by atoms with E-state index in [0.717, 1.165) is 6.42 Å². The lowest BCUT2D eigenvalue weighted by atomic mass is 9.99. The van der Waals surface area contributed by atoms with E-state index in [1.54, 1.807) is 23.1 Å². The van der Waals surface area contributed by atoms with E-state index in [0.29, 0.717) is 24.3 Å². The quantitative estimate of drug-likeness (QED) is 0.652. The molecule has 0 atom stereocenters. The van der Waals surface area contributed by atoms with E-state index in [9.17, 15) is 14.0 Å². The topological polar surface area (TPSA) is 55.2 Å². The first-order valence-electron chi connectivity index (χ1n) is 9.96. The number of rotatable bonds is 5. The maximum Gasteiger partial charge on any atom is 0.266 e. The van der Waals surface area contributed by atoms with Crippen molar-refractivity contribution in [2.75, 3.05) is 13.1 Å². The number of hydrogen-bond acceptors (Lipinski definition) is 3. The molecule has 0 saturated heterocycles. The number of carbonyl (C=O) groups excluding carboxylic acids is 1. The van der Waals surface area contributed by atoms with Gasteiger partial charge in [0, 0.05) is 31.1 Å². The summed E-state index contributed by atoms with van der Waals surface area (Å²) in [5, 5.41) is 4.34. The third kappa shape index (κ3) is 4.54. The lowest BCUT2D eigenvalue weighted by Crippen LogP contribution is -2.36. The zero-order chi connectivity index (χ0) is 20.9. The normalized spacial score (nSPS) is 13.8. The van der Waals surface area contributed by atoms with Gasteiger partial charge in [-0.05, 0) is 47.9 Å². The molecule has 0 unspecified atom stereocenters. The SMILES string of the molecule is O=C(CCn1nc(-c2ccc(F)cc2)ccc1=O)N1CC=C(c2ccccc2)CC1. The van der Waals surface area contributed by atoms with E-state index in [-0.39, 0.29) is 30.2 Å². The van der Waals surface area contributed by atoms with Crippen LogP contribution in [0.2, 0.25) is 0 Å². The number of aromatic nitrogens is 2. The summed E-state index contributed by atoms with van der Waals surface area (Å²) in [7, 11) is 0. The molecule has 0 fully saturated rings. The highest BCUT2D eigenvalue weighted by molar-refractivity contribution is 5.78. The zero-order valence-corrected chi connectivity index (χ0v) is 16.5. The Balaban J connectivity index is 1.39. The van der Waals surface area contributed by atoms with Gasteiger partial charge < -0.3 is 4.90 Å². The van der Waals surface area contributed by atoms with Crippen LogP contribution in [0, 0.1) is 5.82 Å². The third-order valence-corrected chi connectivity index (χ3v) is 5.25. The Morgan fingerprint density at radius 3 is 2.43 bits per heavy atom. The Labute approximate surface area is 174 Å². The first kappa shape index (κ1) is 19.8. The number of carbonyl (C=O) groups is 1. The minimum atomic E-state index is -0.330. The Morgan fingerprint density at radius 1 is 0.967 bits per heavy atom. The molecule has 1 aromatic heterocycles. The average molecular weight is 403 g/mol. The summed E-state index contributed by atoms with van der Waals surface area (Å²) in [4.78, 5) is 26.6. The van der Waals surface area contributed by atoms with Crippen LogP contribution in [0.3, 0.4) is 0 Å². The molecule has 152 valence electrons. The summed E-state index contributed by atoms with van der Waals surface area (Å²) in [6.45, 7) is 1.44. The number of nitrogens with zero attached hydrogens (tertiary/aromatic N) is 3. The molecule has 0 bridgehead atoms. The smallest absolute Gasteiger partial charge is 0.266 e. The maximum absolute atomic E-state index is 13.1. The molecule has 0 saturated carbocycles. The Morgan fingerprint density at radius 2 is 1.73 bits per heavy atom. The Bertz CT molecular complexity index is 1120. The monoisotopic (exact) mass is 403 g/mol. The van der Waals surface area contributed by atoms with Gasteiger partial charge in [-0.15, -0.1) is 0 Å². The number of aryl methyl sites for hydroxylation is 1. The second-order valence-electron chi connectivity index (χ2n) is 7.22. The molecule has 0 aliphatic carbocycles. The Kier molecular flexibility index (Phi) is 5.84. The van der Waals surface area contributed by atoms with Gasteiger partial charge in [-0.2, -0.15) is 5.10 Å². The summed E-state index contributed by atoms with van der Waals surface area (Å²) in [6.07, 6.45) is 3.11. The van der Waals surface area contributed by atoms with Gasteiger partial charge >= 0.3 is 0 Å². The van der Waals surface area contributed by atoms with Crippen molar-refractivity contribution in [3.63, 3.8) is 0 Å². The van der Waals surface area contributed by atoms with Gasteiger partial charge in [0.05, 0.1) is 12.2 Å². The minimum Gasteiger partial charge on any atom is -0.339 e. The highest BCUT2D eigenvalue weighted by Crippen LogP contribution is 2.22. The second-order valence-corrected chi connectivity index (χ2v) is 7.22. The molecule has 2 heterocycles. The molecule has 5 nitrogen and oxygen atoms in total. The molecular formula is C24H22FN3O2. The fourth-order valence-corrected chi connectivity index (χ4v) is 3.55. The summed E-state index contributed by atoms with van der Waals surface area (Å²) < 4.78 is 14.4. The van der Waals surface area contributed by atoms with E-state index < -0.39 is 0 Å². The first-order chi connectivity index (χ1) is 14.6. The molecule has 1 amide bonds. The fraction of sp³-hybridized carbons (Fsp3) is 0.208. The van der Waals surface area contributed by atoms with Crippen molar-refractivity contribution >= 4 is 11.5 Å². The van der Waals surface area contributed by atoms with Crippen molar-refractivity contribution in [1.29, 1.82) is 0 Å². The van der Waals surface area contributed by atoms with Crippen LogP contribution in [0.15, 0.2) is 77.6 Å². The van der Waals surface area contributed by atoms with Crippen LogP contribution in [-0.4, -0.2) is 33.7 Å². The van der Waals surface area contributed by atoms with Gasteiger partial charge in [-0.3, -0.25) is 9.59 Å². The van der Waals surface area contributed by atoms with Crippen LogP contribution in [0.5, 0.6) is 0 Å². The highest BCUT2D eigenvalue weighted by Gasteiger charge is 2.18. The zero-order valence-electron chi connectivity index (χ0n) is 16.5. The van der Waals surface area contributed by atoms with Crippen LogP contribution in [0.4, 0.5) is 4.39 Å². The summed E-state index contributed by atoms with van der Waals surface area (Å²) in [6, 6.07) is 19.1. The molecule has 1 aliphatic rings. The minimum absolute atomic E-state index is 0.000697. The summed E-state index contributed by atoms with van der Waals surface area (Å²) in [5.41, 5.74) is 3.46. The van der Waals surface area contributed by atoms with Gasteiger partial charge in [0.15, 0.2) is 0 Å². The van der Waals surface area contributed by atoms with E-state index in [2.05, 4.69) is 23.3 Å². The van der Waals surface area contributed by atoms with E-state index in [1.807, 2.05) is 18.2 Å². The highest BCUT2D eigenvalue weighted by atomic mass is 19.1. The molecule has 30 heavy (non-hydrogen) atoms. The fourth-order valence-electron chi connectivity index (χ4n) is 3.55. The molecule has 0 N–H and O–H groups in total. The molecule has 0 radical (unpaired) electrons. The molecule has 4 rings (SSSR count). The van der Waals surface area contributed by atoms with Crippen molar-refractivity contribution in [1.82, 2.24) is 14.7 Å². The standard InChI is InChI=1S/C24H22FN3O2/c25-21-8-6-20(7-9-21)22-10-11-24(30)28(26-22)17-14-23(29)27-15-12-19(13-16-27)18-4-2-1-3-5-18/h1-12H,13-17H2. The molecular weight excluding hydrogens is 381 g/mol. The lowest BCUT2D eigenvalue weighted by Gasteiger charge is -2.26. The van der Waals surface area contributed by atoms with Crippen molar-refractivity contribution in [3.05, 3.63) is 94.5 Å². The van der Waals surface area contributed by atoms with Crippen molar-refractivity contribution in [3.8, 4) is 11.3 Å². The predicted molar refractivity (Wildman–Crippen MR) is 114 cm³/mol. The van der Waals surface area contributed by atoms with Crippen molar-refractivity contribution in [2.24, 2.45) is 0 Å². The van der Waals surface area contributed by atoms with Crippen LogP contribution < -0.4 is 5.56 Å². The number of halogens is 1. The van der Waals surface area contributed by atoms with Crippen LogP contribution in [0.25, 0.3) is 16.8 Å². The van der Waals surface area contributed by atoms with Gasteiger partial charge in [-0.1, -0.05) is 36.4 Å². The largest absolute Gasteiger partial charge is 0.339 e. The molecule has 3 aromatic rings. The third-order valence-electron chi connectivity index (χ3n) is 5.25. The maximum atomic E-state index is 13.1. The van der Waals surface area contributed by atoms with E-state index >= 15 is 0 Å². The van der Waals surface area contributed by atoms with Gasteiger partial charge in [0.2, 0.25) is 5.91 Å². The van der Waals surface area contributed by atoms with E-state index in [4.69, 9.17) is 0 Å². The molecule has 2 aromatic carbocycles. The van der Waals surface area contributed by atoms with Gasteiger partial charge in [0.1, 0.15) is 5.82 Å². The molecule has 1 aliphatic heterocycles. The van der Waals surface area contributed by atoms with E-state index in [1.165, 1.54) is 34.0 Å². The average Bonchev–Trinajstić information content (AvgIpc) is 2.79. The second kappa shape index (κ2) is 8.86. The van der Waals surface area contributed by atoms with Crippen LogP contribution in [-0.2, 0) is 11.3 Å². The van der Waals surface area contributed by atoms with Crippen LogP contribution in [0.1, 0.15) is 18.4 Å². The number of benzene rings is 2. The van der Waals surface area contributed by atoms with Crippen molar-refractivity contribution < 1.29 is 9.18 Å². The molecule has 6 heteroatoms. The van der Waals surface area contributed by atoms with Gasteiger partial charge in [0.25, 0.3) is 5.56 Å². The number of amides is 1. The predicted octanol–water partition coefficient (Wildman–Crippen LogP) is 3.76. The summed E-state index contributed by atoms with van der Waals surface area (Å²) in [5.74, 6) is -0.331. The van der Waals surface area contributed by atoms with Gasteiger partial charge in [-0.25, -0.2) is 9.07 Å². The van der Waals surface area contributed by atoms with Crippen LogP contribution >= 0.6 is 0 Å². The van der Waals surface area contributed by atoms with Crippen molar-refractivity contribution in [2.45, 2.75) is 19.4 Å². The molecule has 0 spiro atoms. The lowest BCUT2D eigenvalue weighted by molar-refractivity contribution is -0.131. The number of hydrogen-bond donors (Lipinski definition) is 0.